The number of hydrogen-bond acceptors (Lipinski definition) is 21. The standard InChI is InChI=1S/C6H6F3NO2.C6H10N2O.C6H9NO3.2C5H7NO2.2C5H7NOS/c1-3-4(6(7,8)9)10-12-5(3)11-2;1-5-6(9-3)7-4-8(5)2;1-4-5(8-2)7-10-6(4)9-3;1-4-5(7-2)6-3-8-4;1-4-5(7-2)8-3-6-4;1-4-5(7-2)6-3-8-4;1-4-5(7-2)8-3-6-4/h1-2H3;4H,1-3H3;1-3H3;4*3H,1-2H3. The summed E-state index contributed by atoms with van der Waals surface area (Å²) in [7, 11) is 14.2. The first-order chi connectivity index (χ1) is 29.9. The zero-order valence-corrected chi connectivity index (χ0v) is 39.4. The summed E-state index contributed by atoms with van der Waals surface area (Å²) in [5.74, 6) is 3.88. The van der Waals surface area contributed by atoms with Gasteiger partial charge in [-0.15, -0.1) is 11.3 Å². The van der Waals surface area contributed by atoms with Crippen LogP contribution in [0.3, 0.4) is 0 Å². The van der Waals surface area contributed by atoms with Gasteiger partial charge >= 0.3 is 24.0 Å². The molecule has 7 aromatic rings. The van der Waals surface area contributed by atoms with E-state index >= 15 is 0 Å². The fourth-order valence-electron chi connectivity index (χ4n) is 4.09. The summed E-state index contributed by atoms with van der Waals surface area (Å²) in [6.45, 7) is 12.5. The summed E-state index contributed by atoms with van der Waals surface area (Å²) in [6, 6.07) is 0. The molecular formula is C38H53F3N8O12S2. The number of ether oxygens (including phenoxy) is 8. The van der Waals surface area contributed by atoms with Gasteiger partial charge in [0.2, 0.25) is 11.8 Å². The SMILES string of the molecule is COc1ncn(C)c1C.COc1ncoc1C.COc1ncsc1C.COc1noc(OC)c1C.COc1ocnc1C.COc1onc(C(F)(F)F)c1C.COc1scnc1C. The van der Waals surface area contributed by atoms with Crippen molar-refractivity contribution in [3.8, 4) is 46.4 Å². The van der Waals surface area contributed by atoms with Crippen LogP contribution in [0.25, 0.3) is 0 Å². The molecule has 350 valence electrons. The molecule has 7 aromatic heterocycles. The molecule has 63 heavy (non-hydrogen) atoms. The number of imidazole rings is 1. The molecule has 0 aliphatic heterocycles. The molecule has 0 aromatic carbocycles. The van der Waals surface area contributed by atoms with Gasteiger partial charge in [0.1, 0.15) is 5.69 Å². The summed E-state index contributed by atoms with van der Waals surface area (Å²) in [6.07, 6.45) is -0.0408. The predicted octanol–water partition coefficient (Wildman–Crippen LogP) is 8.65. The second-order valence-corrected chi connectivity index (χ2v) is 13.5. The molecule has 20 nitrogen and oxygen atoms in total. The van der Waals surface area contributed by atoms with Crippen LogP contribution in [0.4, 0.5) is 13.2 Å². The highest BCUT2D eigenvalue weighted by atomic mass is 32.1. The Kier molecular flexibility index (Phi) is 24.4. The summed E-state index contributed by atoms with van der Waals surface area (Å²) in [5.41, 5.74) is 5.96. The van der Waals surface area contributed by atoms with E-state index in [1.54, 1.807) is 71.2 Å². The van der Waals surface area contributed by atoms with Gasteiger partial charge in [0.05, 0.1) is 102 Å². The highest BCUT2D eigenvalue weighted by molar-refractivity contribution is 7.11. The van der Waals surface area contributed by atoms with Crippen LogP contribution in [-0.2, 0) is 13.2 Å². The van der Waals surface area contributed by atoms with Crippen molar-refractivity contribution in [1.29, 1.82) is 0 Å². The van der Waals surface area contributed by atoms with E-state index in [0.717, 1.165) is 38.5 Å². The summed E-state index contributed by atoms with van der Waals surface area (Å²) < 4.78 is 95.0. The summed E-state index contributed by atoms with van der Waals surface area (Å²) in [5, 5.41) is 7.32. The smallest absolute Gasteiger partial charge is 0.437 e. The van der Waals surface area contributed by atoms with E-state index in [2.05, 4.69) is 44.5 Å². The molecule has 0 saturated heterocycles. The molecule has 0 N–H and O–H groups in total. The quantitative estimate of drug-likeness (QED) is 0.139. The zero-order valence-electron chi connectivity index (χ0n) is 37.8. The van der Waals surface area contributed by atoms with Gasteiger partial charge < -0.3 is 60.3 Å². The van der Waals surface area contributed by atoms with Gasteiger partial charge in [0, 0.05) is 7.05 Å². The Balaban J connectivity index is 0.000000369. The highest BCUT2D eigenvalue weighted by Gasteiger charge is 2.38. The van der Waals surface area contributed by atoms with Crippen molar-refractivity contribution < 1.29 is 68.9 Å². The minimum atomic E-state index is -4.48. The molecule has 0 spiro atoms. The van der Waals surface area contributed by atoms with Crippen molar-refractivity contribution in [1.82, 2.24) is 39.8 Å². The van der Waals surface area contributed by atoms with Gasteiger partial charge in [-0.25, -0.2) is 19.9 Å². The molecule has 0 fully saturated rings. The third kappa shape index (κ3) is 17.8. The lowest BCUT2D eigenvalue weighted by molar-refractivity contribution is -0.143. The van der Waals surface area contributed by atoms with E-state index in [1.807, 2.05) is 46.2 Å². The van der Waals surface area contributed by atoms with Gasteiger partial charge in [-0.05, 0) is 53.6 Å². The van der Waals surface area contributed by atoms with Crippen LogP contribution in [0.1, 0.15) is 44.5 Å². The van der Waals surface area contributed by atoms with Gasteiger partial charge in [0.25, 0.3) is 11.8 Å². The number of nitrogens with zero attached hydrogens (tertiary/aromatic N) is 8. The maximum Gasteiger partial charge on any atom is 0.437 e. The number of halogens is 3. The van der Waals surface area contributed by atoms with Crippen LogP contribution < -0.4 is 37.9 Å². The van der Waals surface area contributed by atoms with Crippen molar-refractivity contribution in [2.75, 3.05) is 56.9 Å². The minimum absolute atomic E-state index is 0.134. The fourth-order valence-corrected chi connectivity index (χ4v) is 5.26. The average Bonchev–Trinajstić information content (AvgIpc) is 4.15. The number of alkyl halides is 3. The molecule has 25 heteroatoms. The van der Waals surface area contributed by atoms with Gasteiger partial charge in [0.15, 0.2) is 29.3 Å². The van der Waals surface area contributed by atoms with Crippen molar-refractivity contribution in [3.05, 3.63) is 74.7 Å². The Hall–Kier alpha value is -6.50. The van der Waals surface area contributed by atoms with E-state index in [0.29, 0.717) is 35.3 Å². The maximum absolute atomic E-state index is 12.0. The van der Waals surface area contributed by atoms with Crippen LogP contribution in [0.5, 0.6) is 46.4 Å². The number of aryl methyl sites for hydroxylation is 5. The van der Waals surface area contributed by atoms with Crippen LogP contribution in [-0.4, -0.2) is 96.7 Å². The average molecular weight is 935 g/mol. The van der Waals surface area contributed by atoms with Crippen molar-refractivity contribution in [3.63, 3.8) is 0 Å². The van der Waals surface area contributed by atoms with Crippen LogP contribution in [0.2, 0.25) is 0 Å². The third-order valence-electron chi connectivity index (χ3n) is 7.49. The van der Waals surface area contributed by atoms with Crippen LogP contribution in [0, 0.1) is 48.5 Å². The van der Waals surface area contributed by atoms with Crippen molar-refractivity contribution >= 4 is 22.7 Å². The number of aromatic nitrogens is 8. The molecule has 0 atom stereocenters. The lowest BCUT2D eigenvalue weighted by atomic mass is 10.2. The number of hydrogen-bond donors (Lipinski definition) is 0. The number of methoxy groups -OCH3 is 8. The first-order valence-corrected chi connectivity index (χ1v) is 19.5. The van der Waals surface area contributed by atoms with E-state index in [9.17, 15) is 13.2 Å². The second-order valence-electron chi connectivity index (χ2n) is 11.6. The normalized spacial score (nSPS) is 9.83. The summed E-state index contributed by atoms with van der Waals surface area (Å²) >= 11 is 3.11. The Morgan fingerprint density at radius 2 is 1.10 bits per heavy atom. The molecule has 7 rings (SSSR count). The molecular weight excluding hydrogens is 882 g/mol. The minimum Gasteiger partial charge on any atom is -0.486 e. The Morgan fingerprint density at radius 3 is 1.35 bits per heavy atom. The van der Waals surface area contributed by atoms with Crippen molar-refractivity contribution in [2.45, 2.75) is 54.6 Å². The van der Waals surface area contributed by atoms with Gasteiger partial charge in [-0.2, -0.15) is 18.2 Å². The zero-order chi connectivity index (χ0) is 47.7. The number of thiazole rings is 2. The second kappa shape index (κ2) is 28.2. The van der Waals surface area contributed by atoms with E-state index in [4.69, 9.17) is 46.5 Å². The lowest BCUT2D eigenvalue weighted by Crippen LogP contribution is -2.07. The number of oxazole rings is 2. The monoisotopic (exact) mass is 934 g/mol. The van der Waals surface area contributed by atoms with Gasteiger partial charge in [-0.3, -0.25) is 0 Å². The predicted molar refractivity (Wildman–Crippen MR) is 224 cm³/mol. The van der Waals surface area contributed by atoms with E-state index in [-0.39, 0.29) is 11.5 Å². The van der Waals surface area contributed by atoms with E-state index in [1.165, 1.54) is 52.4 Å². The molecule has 7 heterocycles. The van der Waals surface area contributed by atoms with E-state index < -0.39 is 11.9 Å². The van der Waals surface area contributed by atoms with Crippen LogP contribution >= 0.6 is 22.7 Å². The molecule has 0 aliphatic rings. The Labute approximate surface area is 370 Å². The van der Waals surface area contributed by atoms with Crippen molar-refractivity contribution in [2.24, 2.45) is 7.05 Å². The lowest BCUT2D eigenvalue weighted by Gasteiger charge is -2.00. The number of rotatable bonds is 8. The molecule has 0 aliphatic carbocycles. The van der Waals surface area contributed by atoms with Crippen LogP contribution in [0.15, 0.2) is 48.0 Å². The molecule has 0 bridgehead atoms. The van der Waals surface area contributed by atoms with Gasteiger partial charge in [-0.1, -0.05) is 16.5 Å². The molecule has 0 radical (unpaired) electrons. The Morgan fingerprint density at radius 1 is 0.540 bits per heavy atom. The first-order valence-electron chi connectivity index (χ1n) is 17.8. The fraction of sp³-hybridized carbons (Fsp3) is 0.447. The first kappa shape index (κ1) is 54.5. The largest absolute Gasteiger partial charge is 0.486 e. The summed E-state index contributed by atoms with van der Waals surface area (Å²) in [4.78, 5) is 20.6. The third-order valence-corrected chi connectivity index (χ3v) is 9.12. The Bertz CT molecular complexity index is 2100. The topological polar surface area (TPSA) is 222 Å². The maximum atomic E-state index is 12.0. The highest BCUT2D eigenvalue weighted by Crippen LogP contribution is 2.34. The molecule has 0 amide bonds. The molecule has 0 saturated carbocycles. The molecule has 0 unspecified atom stereocenters.